The number of nitrogens with two attached hydrogens (primary N) is 4. The number of aliphatic imine (C=N–C) groups is 1. The zero-order chi connectivity index (χ0) is 27.1. The van der Waals surface area contributed by atoms with Crippen LogP contribution in [0.1, 0.15) is 54.9 Å². The number of benzene rings is 1. The van der Waals surface area contributed by atoms with Crippen LogP contribution < -0.4 is 33.0 Å². The number of anilines is 2. The van der Waals surface area contributed by atoms with Gasteiger partial charge in [0.1, 0.15) is 11.6 Å². The predicted octanol–water partition coefficient (Wildman–Crippen LogP) is 1.31. The number of nitrogens with one attached hydrogen (secondary N) is 1. The Bertz CT molecular complexity index is 1010. The summed E-state index contributed by atoms with van der Waals surface area (Å²) in [6, 6.07) is 7.73. The van der Waals surface area contributed by atoms with Crippen LogP contribution in [0.4, 0.5) is 11.6 Å². The molecule has 0 saturated carbocycles. The lowest BCUT2D eigenvalue weighted by Gasteiger charge is -2.09. The minimum absolute atomic E-state index is 0.0144. The van der Waals surface area contributed by atoms with Crippen LogP contribution in [0.5, 0.6) is 5.75 Å². The second-order valence-corrected chi connectivity index (χ2v) is 7.89. The highest BCUT2D eigenvalue weighted by molar-refractivity contribution is 6.06. The molecule has 12 heteroatoms. The molecule has 0 fully saturated rings. The van der Waals surface area contributed by atoms with Crippen molar-refractivity contribution >= 4 is 29.5 Å². The maximum Gasteiger partial charge on any atom is 0.309 e. The lowest BCUT2D eigenvalue weighted by atomic mass is 10.1. The van der Waals surface area contributed by atoms with Crippen molar-refractivity contribution < 1.29 is 19.1 Å². The van der Waals surface area contributed by atoms with Gasteiger partial charge in [0.25, 0.3) is 5.91 Å². The summed E-state index contributed by atoms with van der Waals surface area (Å²) in [7, 11) is 1.50. The summed E-state index contributed by atoms with van der Waals surface area (Å²) < 4.78 is 10.6. The fraction of sp³-hybridized carbons (Fsp3) is 0.458. The second-order valence-electron chi connectivity index (χ2n) is 7.89. The number of unbranched alkanes of at least 4 members (excludes halogenated alkanes) is 1. The topological polar surface area (TPSA) is 207 Å². The number of esters is 1. The molecular formula is C24H38N8O4. The summed E-state index contributed by atoms with van der Waals surface area (Å²) >= 11 is 0. The number of nitrogen functional groups attached to an aromatic ring is 2. The Morgan fingerprint density at radius 1 is 1.06 bits per heavy atom. The average Bonchev–Trinajstić information content (AvgIpc) is 2.83. The number of carbonyl (C=O) groups excluding carboxylic acids is 2. The Labute approximate surface area is 211 Å². The van der Waals surface area contributed by atoms with Crippen LogP contribution in [-0.2, 0) is 16.0 Å². The van der Waals surface area contributed by atoms with E-state index in [1.54, 1.807) is 6.92 Å². The molecule has 0 bridgehead atoms. The number of guanidine groups is 1. The summed E-state index contributed by atoms with van der Waals surface area (Å²) in [4.78, 5) is 35.8. The number of carbonyl (C=O) groups is 2. The molecule has 0 spiro atoms. The summed E-state index contributed by atoms with van der Waals surface area (Å²) in [6.45, 7) is 5.99. The fourth-order valence-corrected chi connectivity index (χ4v) is 2.89. The number of amides is 1. The van der Waals surface area contributed by atoms with Gasteiger partial charge >= 0.3 is 5.97 Å². The van der Waals surface area contributed by atoms with Gasteiger partial charge in [-0.2, -0.15) is 0 Å². The third-order valence-electron chi connectivity index (χ3n) is 4.61. The lowest BCUT2D eigenvalue weighted by Crippen LogP contribution is -2.38. The number of nitrogens with zero attached hydrogens (tertiary/aromatic N) is 3. The van der Waals surface area contributed by atoms with E-state index >= 15 is 0 Å². The first-order chi connectivity index (χ1) is 17.2. The molecule has 9 N–H and O–H groups in total. The number of ether oxygens (including phenoxy) is 2. The van der Waals surface area contributed by atoms with Crippen molar-refractivity contribution in [3.63, 3.8) is 0 Å². The minimum atomic E-state index is -0.589. The van der Waals surface area contributed by atoms with E-state index in [0.29, 0.717) is 18.0 Å². The van der Waals surface area contributed by atoms with Crippen LogP contribution in [0.25, 0.3) is 0 Å². The van der Waals surface area contributed by atoms with Gasteiger partial charge in [-0.05, 0) is 64.8 Å². The maximum absolute atomic E-state index is 12.3. The molecule has 1 aromatic heterocycles. The fourth-order valence-electron chi connectivity index (χ4n) is 2.89. The van der Waals surface area contributed by atoms with Crippen molar-refractivity contribution in [2.45, 2.75) is 52.6 Å². The molecule has 0 unspecified atom stereocenters. The van der Waals surface area contributed by atoms with Gasteiger partial charge in [0.2, 0.25) is 0 Å². The van der Waals surface area contributed by atoms with Crippen LogP contribution >= 0.6 is 0 Å². The van der Waals surface area contributed by atoms with E-state index in [4.69, 9.17) is 26.7 Å². The standard InChI is InChI=1S/C23H33N7O4.CH5N/c1-14(2)34-18(31)11-13-33-17-9-7-16(8-10-17)6-4-5-12-27-23(26)30-22(32)19-21(25)29-20(24)15(3)28-19;1-2/h7-10,14H,4-6,11-13H2,1-3H3,(H4,24,25,29)(H3,26,27,30,32);2H2,1H3. The molecule has 1 heterocycles. The van der Waals surface area contributed by atoms with Gasteiger partial charge in [-0.25, -0.2) is 9.97 Å². The van der Waals surface area contributed by atoms with Crippen LogP contribution in [0.3, 0.4) is 0 Å². The van der Waals surface area contributed by atoms with E-state index in [1.165, 1.54) is 7.05 Å². The number of aromatic nitrogens is 2. The molecular weight excluding hydrogens is 464 g/mol. The van der Waals surface area contributed by atoms with Crippen LogP contribution in [0.15, 0.2) is 29.3 Å². The van der Waals surface area contributed by atoms with Gasteiger partial charge in [0.15, 0.2) is 17.5 Å². The first kappa shape index (κ1) is 30.1. The second kappa shape index (κ2) is 15.9. The summed E-state index contributed by atoms with van der Waals surface area (Å²) in [6.07, 6.45) is 2.63. The highest BCUT2D eigenvalue weighted by atomic mass is 16.5. The van der Waals surface area contributed by atoms with Crippen molar-refractivity contribution in [2.75, 3.05) is 31.7 Å². The zero-order valence-electron chi connectivity index (χ0n) is 21.4. The van der Waals surface area contributed by atoms with Crippen LogP contribution in [-0.4, -0.2) is 54.1 Å². The summed E-state index contributed by atoms with van der Waals surface area (Å²) in [5.74, 6) is -0.0728. The molecule has 0 aliphatic carbocycles. The van der Waals surface area contributed by atoms with Crippen molar-refractivity contribution in [2.24, 2.45) is 16.5 Å². The molecule has 0 atom stereocenters. The normalized spacial score (nSPS) is 10.9. The summed E-state index contributed by atoms with van der Waals surface area (Å²) in [5, 5.41) is 2.45. The van der Waals surface area contributed by atoms with Crippen molar-refractivity contribution in [1.82, 2.24) is 15.3 Å². The zero-order valence-corrected chi connectivity index (χ0v) is 21.4. The largest absolute Gasteiger partial charge is 0.493 e. The third kappa shape index (κ3) is 11.0. The van der Waals surface area contributed by atoms with E-state index in [2.05, 4.69) is 26.0 Å². The van der Waals surface area contributed by atoms with Gasteiger partial charge < -0.3 is 32.4 Å². The number of hydrogen-bond donors (Lipinski definition) is 5. The van der Waals surface area contributed by atoms with Crippen molar-refractivity contribution in [3.8, 4) is 5.75 Å². The molecule has 0 radical (unpaired) electrons. The summed E-state index contributed by atoms with van der Waals surface area (Å²) in [5.41, 5.74) is 23.1. The molecule has 2 aromatic rings. The number of hydrogen-bond acceptors (Lipinski definition) is 10. The SMILES string of the molecule is CN.Cc1nc(C(=O)NC(N)=NCCCCc2ccc(OCCC(=O)OC(C)C)cc2)c(N)nc1N. The Hall–Kier alpha value is -3.93. The quantitative estimate of drug-likeness (QED) is 0.129. The highest BCUT2D eigenvalue weighted by Gasteiger charge is 2.15. The lowest BCUT2D eigenvalue weighted by molar-refractivity contribution is -0.147. The maximum atomic E-state index is 12.3. The highest BCUT2D eigenvalue weighted by Crippen LogP contribution is 2.15. The predicted molar refractivity (Wildman–Crippen MR) is 140 cm³/mol. The number of aryl methyl sites for hydroxylation is 2. The van der Waals surface area contributed by atoms with E-state index < -0.39 is 5.91 Å². The number of rotatable bonds is 11. The van der Waals surface area contributed by atoms with Gasteiger partial charge in [-0.3, -0.25) is 19.9 Å². The molecule has 12 nitrogen and oxygen atoms in total. The monoisotopic (exact) mass is 502 g/mol. The molecule has 0 aliphatic heterocycles. The Morgan fingerprint density at radius 2 is 1.72 bits per heavy atom. The average molecular weight is 503 g/mol. The Balaban J connectivity index is 0.00000316. The van der Waals surface area contributed by atoms with Gasteiger partial charge in [-0.15, -0.1) is 0 Å². The molecule has 1 aromatic carbocycles. The van der Waals surface area contributed by atoms with E-state index in [1.807, 2.05) is 38.1 Å². The van der Waals surface area contributed by atoms with Crippen molar-refractivity contribution in [3.05, 3.63) is 41.2 Å². The minimum Gasteiger partial charge on any atom is -0.493 e. The smallest absolute Gasteiger partial charge is 0.309 e. The van der Waals surface area contributed by atoms with E-state index in [9.17, 15) is 9.59 Å². The van der Waals surface area contributed by atoms with Gasteiger partial charge in [-0.1, -0.05) is 12.1 Å². The van der Waals surface area contributed by atoms with Gasteiger partial charge in [0.05, 0.1) is 24.8 Å². The van der Waals surface area contributed by atoms with Gasteiger partial charge in [0, 0.05) is 6.54 Å². The first-order valence-electron chi connectivity index (χ1n) is 11.7. The van der Waals surface area contributed by atoms with Crippen LogP contribution in [0.2, 0.25) is 0 Å². The third-order valence-corrected chi connectivity index (χ3v) is 4.61. The Morgan fingerprint density at radius 3 is 2.36 bits per heavy atom. The Kier molecular flexibility index (Phi) is 13.3. The van der Waals surface area contributed by atoms with E-state index in [-0.39, 0.29) is 48.4 Å². The van der Waals surface area contributed by atoms with Crippen molar-refractivity contribution in [1.29, 1.82) is 0 Å². The van der Waals surface area contributed by atoms with E-state index in [0.717, 1.165) is 24.8 Å². The first-order valence-corrected chi connectivity index (χ1v) is 11.7. The van der Waals surface area contributed by atoms with Crippen LogP contribution in [0, 0.1) is 6.92 Å². The molecule has 198 valence electrons. The molecule has 0 aliphatic rings. The molecule has 2 rings (SSSR count). The molecule has 36 heavy (non-hydrogen) atoms. The molecule has 0 saturated heterocycles. The molecule has 1 amide bonds.